The molecule has 25 heavy (non-hydrogen) atoms. The van der Waals surface area contributed by atoms with Crippen LogP contribution >= 0.6 is 0 Å². The third-order valence-electron chi connectivity index (χ3n) is 4.46. The van der Waals surface area contributed by atoms with Crippen LogP contribution < -0.4 is 10.2 Å². The third-order valence-corrected chi connectivity index (χ3v) is 4.46. The van der Waals surface area contributed by atoms with Crippen LogP contribution in [0.3, 0.4) is 0 Å². The number of benzene rings is 3. The van der Waals surface area contributed by atoms with Gasteiger partial charge in [-0.05, 0) is 28.7 Å². The maximum atomic E-state index is 6.31. The minimum absolute atomic E-state index is 0.143. The zero-order valence-electron chi connectivity index (χ0n) is 14.0. The lowest BCUT2D eigenvalue weighted by molar-refractivity contribution is 0.159. The van der Waals surface area contributed by atoms with Crippen molar-refractivity contribution in [3.8, 4) is 5.75 Å². The quantitative estimate of drug-likeness (QED) is 0.679. The van der Waals surface area contributed by atoms with Crippen molar-refractivity contribution in [2.75, 3.05) is 7.11 Å². The summed E-state index contributed by atoms with van der Waals surface area (Å²) >= 11 is 0. The van der Waals surface area contributed by atoms with Crippen LogP contribution in [0.15, 0.2) is 84.9 Å². The van der Waals surface area contributed by atoms with Crippen molar-refractivity contribution in [2.24, 2.45) is 0 Å². The summed E-state index contributed by atoms with van der Waals surface area (Å²) in [5.74, 6) is 0.820. The average Bonchev–Trinajstić information content (AvgIpc) is 3.15. The minimum Gasteiger partial charge on any atom is -0.497 e. The van der Waals surface area contributed by atoms with Crippen LogP contribution in [0.25, 0.3) is 0 Å². The summed E-state index contributed by atoms with van der Waals surface area (Å²) in [6, 6.07) is 28.3. The van der Waals surface area contributed by atoms with Gasteiger partial charge in [-0.3, -0.25) is 0 Å². The second kappa shape index (κ2) is 7.13. The molecule has 0 bridgehead atoms. The Kier molecular flexibility index (Phi) is 4.55. The smallest absolute Gasteiger partial charge is 0.494 e. The van der Waals surface area contributed by atoms with Crippen LogP contribution in [0.1, 0.15) is 23.3 Å². The number of hydrogen-bond donors (Lipinski definition) is 0. The van der Waals surface area contributed by atoms with Gasteiger partial charge in [0.1, 0.15) is 5.75 Å². The minimum atomic E-state index is -0.402. The molecule has 124 valence electrons. The van der Waals surface area contributed by atoms with Crippen molar-refractivity contribution < 1.29 is 14.0 Å². The van der Waals surface area contributed by atoms with E-state index >= 15 is 0 Å². The van der Waals surface area contributed by atoms with E-state index in [-0.39, 0.29) is 12.2 Å². The highest BCUT2D eigenvalue weighted by atomic mass is 16.7. The second-order valence-electron chi connectivity index (χ2n) is 6.04. The molecule has 1 aliphatic heterocycles. The second-order valence-corrected chi connectivity index (χ2v) is 6.04. The maximum Gasteiger partial charge on any atom is 0.494 e. The summed E-state index contributed by atoms with van der Waals surface area (Å²) in [5.41, 5.74) is 3.22. The molecule has 1 heterocycles. The summed E-state index contributed by atoms with van der Waals surface area (Å²) in [6.07, 6.45) is -0.286. The molecule has 1 fully saturated rings. The molecule has 4 heteroatoms. The Balaban J connectivity index is 1.66. The molecule has 0 spiro atoms. The monoisotopic (exact) mass is 330 g/mol. The first kappa shape index (κ1) is 15.9. The molecule has 3 aromatic carbocycles. The summed E-state index contributed by atoms with van der Waals surface area (Å²) in [4.78, 5) is 0. The van der Waals surface area contributed by atoms with Crippen LogP contribution in [0.5, 0.6) is 5.75 Å². The third kappa shape index (κ3) is 3.32. The van der Waals surface area contributed by atoms with Crippen LogP contribution in [0.2, 0.25) is 0 Å². The summed E-state index contributed by atoms with van der Waals surface area (Å²) < 4.78 is 17.9. The Labute approximate surface area is 148 Å². The van der Waals surface area contributed by atoms with Crippen LogP contribution in [-0.4, -0.2) is 14.2 Å². The predicted octanol–water partition coefficient (Wildman–Crippen LogP) is 3.92. The van der Waals surface area contributed by atoms with Crippen LogP contribution in [-0.2, 0) is 9.31 Å². The fourth-order valence-electron chi connectivity index (χ4n) is 3.15. The van der Waals surface area contributed by atoms with Gasteiger partial charge in [-0.2, -0.15) is 0 Å². The average molecular weight is 330 g/mol. The van der Waals surface area contributed by atoms with E-state index in [1.165, 1.54) is 0 Å². The molecule has 0 amide bonds. The van der Waals surface area contributed by atoms with Gasteiger partial charge in [-0.25, -0.2) is 0 Å². The lowest BCUT2D eigenvalue weighted by Crippen LogP contribution is -2.31. The van der Waals surface area contributed by atoms with Gasteiger partial charge in [0.15, 0.2) is 0 Å². The Bertz CT molecular complexity index is 758. The van der Waals surface area contributed by atoms with Gasteiger partial charge in [0.2, 0.25) is 0 Å². The first-order chi connectivity index (χ1) is 12.3. The zero-order chi connectivity index (χ0) is 17.1. The molecule has 2 atom stereocenters. The van der Waals surface area contributed by atoms with E-state index in [4.69, 9.17) is 14.0 Å². The highest BCUT2D eigenvalue weighted by molar-refractivity contribution is 6.61. The van der Waals surface area contributed by atoms with Gasteiger partial charge in [0.25, 0.3) is 0 Å². The molecule has 1 saturated heterocycles. The summed E-state index contributed by atoms with van der Waals surface area (Å²) in [6.45, 7) is 0. The molecular formula is C21H19BO3. The molecular weight excluding hydrogens is 311 g/mol. The number of hydrogen-bond acceptors (Lipinski definition) is 3. The topological polar surface area (TPSA) is 27.7 Å². The normalized spacial score (nSPS) is 19.8. The van der Waals surface area contributed by atoms with Crippen molar-refractivity contribution in [3.05, 3.63) is 96.1 Å². The van der Waals surface area contributed by atoms with E-state index in [1.807, 2.05) is 60.7 Å². The van der Waals surface area contributed by atoms with Gasteiger partial charge >= 0.3 is 7.12 Å². The maximum absolute atomic E-state index is 6.31. The Morgan fingerprint density at radius 1 is 0.680 bits per heavy atom. The molecule has 0 aliphatic carbocycles. The van der Waals surface area contributed by atoms with Crippen LogP contribution in [0, 0.1) is 0 Å². The van der Waals surface area contributed by atoms with Gasteiger partial charge in [0, 0.05) is 0 Å². The Morgan fingerprint density at radius 2 is 1.16 bits per heavy atom. The molecule has 0 aromatic heterocycles. The van der Waals surface area contributed by atoms with Gasteiger partial charge < -0.3 is 14.0 Å². The number of rotatable bonds is 4. The Morgan fingerprint density at radius 3 is 1.60 bits per heavy atom. The van der Waals surface area contributed by atoms with Crippen molar-refractivity contribution in [1.29, 1.82) is 0 Å². The molecule has 0 radical (unpaired) electrons. The first-order valence-corrected chi connectivity index (χ1v) is 8.40. The van der Waals surface area contributed by atoms with E-state index in [0.717, 1.165) is 22.3 Å². The lowest BCUT2D eigenvalue weighted by atomic mass is 9.79. The molecule has 3 aromatic rings. The largest absolute Gasteiger partial charge is 0.497 e. The molecule has 3 nitrogen and oxygen atoms in total. The molecule has 0 saturated carbocycles. The van der Waals surface area contributed by atoms with Crippen molar-refractivity contribution in [2.45, 2.75) is 12.2 Å². The van der Waals surface area contributed by atoms with Gasteiger partial charge in [-0.15, -0.1) is 0 Å². The lowest BCUT2D eigenvalue weighted by Gasteiger charge is -2.19. The van der Waals surface area contributed by atoms with Crippen molar-refractivity contribution in [3.63, 3.8) is 0 Å². The van der Waals surface area contributed by atoms with E-state index < -0.39 is 7.12 Å². The van der Waals surface area contributed by atoms with E-state index in [1.54, 1.807) is 7.11 Å². The Hall–Kier alpha value is -2.56. The predicted molar refractivity (Wildman–Crippen MR) is 98.9 cm³/mol. The van der Waals surface area contributed by atoms with E-state index in [0.29, 0.717) is 0 Å². The summed E-state index contributed by atoms with van der Waals surface area (Å²) in [7, 11) is 1.26. The molecule has 1 aliphatic rings. The van der Waals surface area contributed by atoms with Gasteiger partial charge in [-0.1, -0.05) is 72.8 Å². The molecule has 0 N–H and O–H groups in total. The van der Waals surface area contributed by atoms with Crippen LogP contribution in [0.4, 0.5) is 0 Å². The summed E-state index contributed by atoms with van der Waals surface area (Å²) in [5, 5.41) is 0. The molecule has 4 rings (SSSR count). The fraction of sp³-hybridized carbons (Fsp3) is 0.143. The van der Waals surface area contributed by atoms with Crippen molar-refractivity contribution >= 4 is 12.6 Å². The van der Waals surface area contributed by atoms with E-state index in [2.05, 4.69) is 24.3 Å². The SMILES string of the molecule is COc1ccc(B2O[C@H](c3ccccc3)[C@@H](c3ccccc3)O2)cc1. The highest BCUT2D eigenvalue weighted by Crippen LogP contribution is 2.41. The fourth-order valence-corrected chi connectivity index (χ4v) is 3.15. The van der Waals surface area contributed by atoms with E-state index in [9.17, 15) is 0 Å². The number of methoxy groups -OCH3 is 1. The van der Waals surface area contributed by atoms with Gasteiger partial charge in [0.05, 0.1) is 19.3 Å². The molecule has 0 unspecified atom stereocenters. The zero-order valence-corrected chi connectivity index (χ0v) is 14.0. The first-order valence-electron chi connectivity index (χ1n) is 8.40. The highest BCUT2D eigenvalue weighted by Gasteiger charge is 2.42. The number of ether oxygens (including phenoxy) is 1. The van der Waals surface area contributed by atoms with Crippen molar-refractivity contribution in [1.82, 2.24) is 0 Å². The standard InChI is InChI=1S/C21H19BO3/c1-23-19-14-12-18(13-15-19)22-24-20(16-8-4-2-5-9-16)21(25-22)17-10-6-3-7-11-17/h2-15,20-21H,1H3/t20-,21-/m1/s1.